The monoisotopic (exact) mass is 419 g/mol. The Bertz CT molecular complexity index is 1130. The number of nitrogens with one attached hydrogen (secondary N) is 2. The fourth-order valence-electron chi connectivity index (χ4n) is 4.03. The van der Waals surface area contributed by atoms with Crippen LogP contribution < -0.4 is 10.6 Å². The number of hydrogen-bond donors (Lipinski definition) is 2. The lowest BCUT2D eigenvalue weighted by Crippen LogP contribution is -2.48. The minimum absolute atomic E-state index is 0.0549. The van der Waals surface area contributed by atoms with Crippen LogP contribution in [0.4, 0.5) is 4.39 Å². The molecule has 0 saturated carbocycles. The van der Waals surface area contributed by atoms with E-state index in [9.17, 15) is 14.0 Å². The maximum absolute atomic E-state index is 13.8. The lowest BCUT2D eigenvalue weighted by atomic mass is 9.94. The molecule has 5 nitrogen and oxygen atoms in total. The summed E-state index contributed by atoms with van der Waals surface area (Å²) in [7, 11) is 0. The van der Waals surface area contributed by atoms with Gasteiger partial charge in [0.25, 0.3) is 5.91 Å². The smallest absolute Gasteiger partial charge is 0.251 e. The van der Waals surface area contributed by atoms with Gasteiger partial charge in [0.05, 0.1) is 6.54 Å². The number of rotatable bonds is 6. The number of halogens is 1. The van der Waals surface area contributed by atoms with E-state index in [1.54, 1.807) is 12.1 Å². The molecule has 0 spiro atoms. The molecule has 2 amide bonds. The zero-order valence-electron chi connectivity index (χ0n) is 17.6. The van der Waals surface area contributed by atoms with E-state index < -0.39 is 0 Å². The number of aryl methyl sites for hydroxylation is 1. The topological polar surface area (TPSA) is 61.4 Å². The molecule has 160 valence electrons. The number of hydrogen-bond acceptors (Lipinski definition) is 3. The molecule has 1 saturated heterocycles. The summed E-state index contributed by atoms with van der Waals surface area (Å²) in [4.78, 5) is 26.1. The molecule has 0 radical (unpaired) electrons. The first kappa shape index (κ1) is 21.0. The summed E-state index contributed by atoms with van der Waals surface area (Å²) in [6, 6.07) is 16.3. The van der Waals surface area contributed by atoms with Crippen molar-refractivity contribution in [3.8, 4) is 11.1 Å². The Morgan fingerprint density at radius 1 is 1.13 bits per heavy atom. The highest BCUT2D eigenvalue weighted by atomic mass is 19.1. The van der Waals surface area contributed by atoms with Crippen molar-refractivity contribution in [3.63, 3.8) is 0 Å². The largest absolute Gasteiger partial charge is 0.354 e. The van der Waals surface area contributed by atoms with Gasteiger partial charge < -0.3 is 10.6 Å². The highest BCUT2D eigenvalue weighted by molar-refractivity contribution is 6.03. The zero-order valence-corrected chi connectivity index (χ0v) is 17.6. The van der Waals surface area contributed by atoms with Gasteiger partial charge in [0.2, 0.25) is 5.91 Å². The first-order chi connectivity index (χ1) is 15.0. The van der Waals surface area contributed by atoms with Gasteiger partial charge in [-0.25, -0.2) is 4.39 Å². The average molecular weight is 420 g/mol. The Labute approximate surface area is 181 Å². The van der Waals surface area contributed by atoms with Crippen LogP contribution in [0.25, 0.3) is 21.9 Å². The van der Waals surface area contributed by atoms with E-state index in [2.05, 4.69) is 15.5 Å². The Morgan fingerprint density at radius 3 is 2.84 bits per heavy atom. The van der Waals surface area contributed by atoms with Crippen LogP contribution >= 0.6 is 0 Å². The second kappa shape index (κ2) is 9.27. The molecule has 1 fully saturated rings. The summed E-state index contributed by atoms with van der Waals surface area (Å²) >= 11 is 0. The molecular formula is C25H26FN3O2. The third-order valence-corrected chi connectivity index (χ3v) is 5.69. The van der Waals surface area contributed by atoms with Gasteiger partial charge in [0.15, 0.2) is 0 Å². The van der Waals surface area contributed by atoms with Gasteiger partial charge in [-0.3, -0.25) is 14.5 Å². The van der Waals surface area contributed by atoms with Crippen molar-refractivity contribution in [2.24, 2.45) is 0 Å². The summed E-state index contributed by atoms with van der Waals surface area (Å²) in [6.45, 7) is 5.24. The van der Waals surface area contributed by atoms with Crippen molar-refractivity contribution in [1.29, 1.82) is 0 Å². The first-order valence-electron chi connectivity index (χ1n) is 10.6. The summed E-state index contributed by atoms with van der Waals surface area (Å²) in [5.41, 5.74) is 3.40. The first-order valence-corrected chi connectivity index (χ1v) is 10.6. The highest BCUT2D eigenvalue weighted by Gasteiger charge is 2.15. The molecule has 3 aromatic carbocycles. The SMILES string of the molecule is Cc1ccc(F)cc1-c1cccc2cc(C(=O)NCCCN3CCNC(=O)C3)ccc12. The number of amides is 2. The highest BCUT2D eigenvalue weighted by Crippen LogP contribution is 2.31. The second-order valence-electron chi connectivity index (χ2n) is 7.94. The zero-order chi connectivity index (χ0) is 21.8. The van der Waals surface area contributed by atoms with Gasteiger partial charge in [-0.05, 0) is 65.1 Å². The number of fused-ring (bicyclic) bond motifs is 1. The Balaban J connectivity index is 1.44. The third kappa shape index (κ3) is 4.91. The summed E-state index contributed by atoms with van der Waals surface area (Å²) in [6.07, 6.45) is 0.787. The van der Waals surface area contributed by atoms with E-state index in [0.29, 0.717) is 25.2 Å². The standard InChI is InChI=1S/C25H26FN3O2/c1-17-6-8-20(26)15-23(17)22-5-2-4-18-14-19(7-9-21(18)22)25(31)28-10-3-12-29-13-11-27-24(30)16-29/h2,4-9,14-15H,3,10-13,16H2,1H3,(H,27,30)(H,28,31). The molecule has 0 aliphatic carbocycles. The minimum atomic E-state index is -0.265. The van der Waals surface area contributed by atoms with Crippen molar-refractivity contribution < 1.29 is 14.0 Å². The summed E-state index contributed by atoms with van der Waals surface area (Å²) < 4.78 is 13.8. The van der Waals surface area contributed by atoms with Crippen molar-refractivity contribution in [2.75, 3.05) is 32.7 Å². The van der Waals surface area contributed by atoms with E-state index in [0.717, 1.165) is 47.0 Å². The van der Waals surface area contributed by atoms with Crippen LogP contribution in [-0.2, 0) is 4.79 Å². The molecule has 2 N–H and O–H groups in total. The van der Waals surface area contributed by atoms with Crippen LogP contribution in [0.3, 0.4) is 0 Å². The van der Waals surface area contributed by atoms with E-state index in [1.165, 1.54) is 6.07 Å². The predicted octanol–water partition coefficient (Wildman–Crippen LogP) is 3.51. The van der Waals surface area contributed by atoms with Gasteiger partial charge in [-0.15, -0.1) is 0 Å². The molecular weight excluding hydrogens is 393 g/mol. The van der Waals surface area contributed by atoms with E-state index >= 15 is 0 Å². The molecule has 3 aromatic rings. The van der Waals surface area contributed by atoms with Crippen LogP contribution in [0.1, 0.15) is 22.3 Å². The van der Waals surface area contributed by atoms with Gasteiger partial charge in [0, 0.05) is 31.7 Å². The van der Waals surface area contributed by atoms with Crippen molar-refractivity contribution >= 4 is 22.6 Å². The van der Waals surface area contributed by atoms with Crippen LogP contribution in [0.2, 0.25) is 0 Å². The number of nitrogens with zero attached hydrogens (tertiary/aromatic N) is 1. The Kier molecular flexibility index (Phi) is 6.28. The van der Waals surface area contributed by atoms with E-state index in [-0.39, 0.29) is 17.6 Å². The molecule has 4 rings (SSSR count). The molecule has 0 atom stereocenters. The molecule has 0 unspecified atom stereocenters. The predicted molar refractivity (Wildman–Crippen MR) is 120 cm³/mol. The van der Waals surface area contributed by atoms with Gasteiger partial charge in [0.1, 0.15) is 5.82 Å². The number of carbonyl (C=O) groups excluding carboxylic acids is 2. The normalized spacial score (nSPS) is 14.5. The third-order valence-electron chi connectivity index (χ3n) is 5.69. The summed E-state index contributed by atoms with van der Waals surface area (Å²) in [5.74, 6) is -0.330. The Hall–Kier alpha value is -3.25. The van der Waals surface area contributed by atoms with Gasteiger partial charge >= 0.3 is 0 Å². The maximum Gasteiger partial charge on any atom is 0.251 e. The van der Waals surface area contributed by atoms with Crippen molar-refractivity contribution in [1.82, 2.24) is 15.5 Å². The molecule has 31 heavy (non-hydrogen) atoms. The fraction of sp³-hybridized carbons (Fsp3) is 0.280. The fourth-order valence-corrected chi connectivity index (χ4v) is 4.03. The number of carbonyl (C=O) groups is 2. The quantitative estimate of drug-likeness (QED) is 0.601. The van der Waals surface area contributed by atoms with Crippen molar-refractivity contribution in [2.45, 2.75) is 13.3 Å². The lowest BCUT2D eigenvalue weighted by molar-refractivity contribution is -0.124. The molecule has 1 aliphatic rings. The average Bonchev–Trinajstić information content (AvgIpc) is 2.77. The molecule has 0 bridgehead atoms. The van der Waals surface area contributed by atoms with Crippen LogP contribution in [-0.4, -0.2) is 49.4 Å². The number of piperazine rings is 1. The lowest BCUT2D eigenvalue weighted by Gasteiger charge is -2.26. The minimum Gasteiger partial charge on any atom is -0.354 e. The molecule has 0 aromatic heterocycles. The van der Waals surface area contributed by atoms with E-state index in [1.807, 2.05) is 43.3 Å². The number of benzene rings is 3. The van der Waals surface area contributed by atoms with E-state index in [4.69, 9.17) is 0 Å². The molecule has 6 heteroatoms. The Morgan fingerprint density at radius 2 is 2.00 bits per heavy atom. The molecule has 1 aliphatic heterocycles. The van der Waals surface area contributed by atoms with Gasteiger partial charge in [-0.2, -0.15) is 0 Å². The second-order valence-corrected chi connectivity index (χ2v) is 7.94. The molecule has 1 heterocycles. The van der Waals surface area contributed by atoms with Crippen molar-refractivity contribution in [3.05, 3.63) is 71.5 Å². The van der Waals surface area contributed by atoms with Gasteiger partial charge in [-0.1, -0.05) is 30.3 Å². The summed E-state index contributed by atoms with van der Waals surface area (Å²) in [5, 5.41) is 7.69. The van der Waals surface area contributed by atoms with Crippen LogP contribution in [0.15, 0.2) is 54.6 Å². The van der Waals surface area contributed by atoms with Crippen LogP contribution in [0.5, 0.6) is 0 Å². The van der Waals surface area contributed by atoms with Crippen LogP contribution in [0, 0.1) is 12.7 Å². The maximum atomic E-state index is 13.8.